The number of hydrogen-bond acceptors (Lipinski definition) is 2. The Morgan fingerprint density at radius 2 is 2.07 bits per heavy atom. The lowest BCUT2D eigenvalue weighted by Crippen LogP contribution is -2.25. The lowest BCUT2D eigenvalue weighted by atomic mass is 10.8. The average Bonchev–Trinajstić information content (AvgIpc) is 2.07. The van der Waals surface area contributed by atoms with Crippen molar-refractivity contribution in [1.82, 2.24) is 4.90 Å². The first-order valence-electron chi connectivity index (χ1n) is 4.88. The van der Waals surface area contributed by atoms with E-state index in [2.05, 4.69) is 31.2 Å². The first kappa shape index (κ1) is 13.4. The Hall–Kier alpha value is -0.613. The van der Waals surface area contributed by atoms with Crippen LogP contribution in [0.15, 0.2) is 17.8 Å². The van der Waals surface area contributed by atoms with Crippen LogP contribution in [0.3, 0.4) is 0 Å². The van der Waals surface area contributed by atoms with E-state index in [-0.39, 0.29) is 0 Å². The van der Waals surface area contributed by atoms with Crippen molar-refractivity contribution < 1.29 is 4.74 Å². The molecule has 0 heterocycles. The van der Waals surface area contributed by atoms with Crippen LogP contribution in [0.2, 0.25) is 25.7 Å². The Morgan fingerprint density at radius 3 is 2.57 bits per heavy atom. The molecule has 14 heavy (non-hydrogen) atoms. The van der Waals surface area contributed by atoms with Gasteiger partial charge in [0.2, 0.25) is 0 Å². The molecule has 4 heteroatoms. The van der Waals surface area contributed by atoms with E-state index >= 15 is 0 Å². The Balaban J connectivity index is 3.45. The van der Waals surface area contributed by atoms with Crippen LogP contribution in [0.5, 0.6) is 0 Å². The molecule has 0 amide bonds. The molecule has 0 aliphatic carbocycles. The molecule has 0 unspecified atom stereocenters. The minimum atomic E-state index is -0.948. The van der Waals surface area contributed by atoms with Crippen molar-refractivity contribution in [2.75, 3.05) is 20.4 Å². The van der Waals surface area contributed by atoms with E-state index in [4.69, 9.17) is 4.74 Å². The molecular formula is C10H22N2OSi. The van der Waals surface area contributed by atoms with Crippen molar-refractivity contribution in [3.05, 3.63) is 12.8 Å². The van der Waals surface area contributed by atoms with Gasteiger partial charge in [0.1, 0.15) is 6.73 Å². The molecular weight excluding hydrogens is 192 g/mol. The fourth-order valence-electron chi connectivity index (χ4n) is 0.781. The van der Waals surface area contributed by atoms with Crippen LogP contribution in [0.4, 0.5) is 0 Å². The molecule has 0 atom stereocenters. The molecule has 0 radical (unpaired) electrons. The van der Waals surface area contributed by atoms with E-state index in [9.17, 15) is 0 Å². The maximum absolute atomic E-state index is 5.50. The van der Waals surface area contributed by atoms with Crippen LogP contribution in [0.25, 0.3) is 0 Å². The van der Waals surface area contributed by atoms with E-state index < -0.39 is 8.07 Å². The molecule has 0 N–H and O–H groups in total. The maximum Gasteiger partial charge on any atom is 0.119 e. The van der Waals surface area contributed by atoms with Crippen LogP contribution < -0.4 is 0 Å². The zero-order valence-electron chi connectivity index (χ0n) is 9.79. The smallest absolute Gasteiger partial charge is 0.119 e. The molecule has 0 aromatic carbocycles. The number of hydrogen-bond donors (Lipinski definition) is 0. The molecule has 0 bridgehead atoms. The summed E-state index contributed by atoms with van der Waals surface area (Å²) in [6.45, 7) is 12.0. The van der Waals surface area contributed by atoms with Gasteiger partial charge >= 0.3 is 0 Å². The van der Waals surface area contributed by atoms with Gasteiger partial charge in [-0.05, 0) is 6.04 Å². The topological polar surface area (TPSA) is 24.8 Å². The molecule has 0 saturated heterocycles. The number of rotatable bonds is 7. The van der Waals surface area contributed by atoms with Gasteiger partial charge in [0.15, 0.2) is 0 Å². The molecule has 0 spiro atoms. The molecule has 0 saturated carbocycles. The highest BCUT2D eigenvalue weighted by Gasteiger charge is 2.11. The third-order valence-electron chi connectivity index (χ3n) is 1.66. The Kier molecular flexibility index (Phi) is 6.49. The van der Waals surface area contributed by atoms with E-state index in [0.29, 0.717) is 6.73 Å². The van der Waals surface area contributed by atoms with Gasteiger partial charge in [-0.15, -0.1) is 0 Å². The Morgan fingerprint density at radius 1 is 1.43 bits per heavy atom. The van der Waals surface area contributed by atoms with Gasteiger partial charge in [-0.2, -0.15) is 0 Å². The summed E-state index contributed by atoms with van der Waals surface area (Å²) in [4.78, 5) is 5.79. The van der Waals surface area contributed by atoms with Gasteiger partial charge in [0, 0.05) is 27.9 Å². The first-order valence-corrected chi connectivity index (χ1v) is 8.58. The standard InChI is InChI=1S/C10H22N2OSi/c1-6-11-9-12(2)10-13-7-8-14(3,4)5/h6,9H,1,7-8,10H2,2-5H3. The fraction of sp³-hybridized carbons (Fsp3) is 0.700. The van der Waals surface area contributed by atoms with Crippen molar-refractivity contribution in [3.63, 3.8) is 0 Å². The second kappa shape index (κ2) is 6.78. The van der Waals surface area contributed by atoms with Crippen molar-refractivity contribution in [1.29, 1.82) is 0 Å². The summed E-state index contributed by atoms with van der Waals surface area (Å²) in [5.41, 5.74) is 0. The minimum Gasteiger partial charge on any atom is -0.361 e. The molecule has 0 aliphatic rings. The van der Waals surface area contributed by atoms with Gasteiger partial charge in [0.05, 0.1) is 6.34 Å². The third kappa shape index (κ3) is 9.47. The number of ether oxygens (including phenoxy) is 1. The van der Waals surface area contributed by atoms with Crippen LogP contribution in [-0.2, 0) is 4.74 Å². The monoisotopic (exact) mass is 214 g/mol. The highest BCUT2D eigenvalue weighted by molar-refractivity contribution is 6.76. The molecule has 0 fully saturated rings. The van der Waals surface area contributed by atoms with E-state index in [1.807, 2.05) is 11.9 Å². The molecule has 3 nitrogen and oxygen atoms in total. The van der Waals surface area contributed by atoms with Gasteiger partial charge in [-0.3, -0.25) is 0 Å². The molecule has 82 valence electrons. The highest BCUT2D eigenvalue weighted by atomic mass is 28.3. The summed E-state index contributed by atoms with van der Waals surface area (Å²) in [5, 5.41) is 0. The maximum atomic E-state index is 5.50. The Bertz CT molecular complexity index is 187. The van der Waals surface area contributed by atoms with Crippen molar-refractivity contribution >= 4 is 14.4 Å². The molecule has 0 aromatic heterocycles. The van der Waals surface area contributed by atoms with Crippen molar-refractivity contribution in [2.24, 2.45) is 4.99 Å². The van der Waals surface area contributed by atoms with Crippen LogP contribution in [-0.4, -0.2) is 39.7 Å². The lowest BCUT2D eigenvalue weighted by Gasteiger charge is -2.17. The predicted octanol–water partition coefficient (Wildman–Crippen LogP) is 2.40. The van der Waals surface area contributed by atoms with Crippen LogP contribution in [0.1, 0.15) is 0 Å². The number of nitrogens with zero attached hydrogens (tertiary/aromatic N) is 2. The summed E-state index contributed by atoms with van der Waals surface area (Å²) < 4.78 is 5.50. The minimum absolute atomic E-state index is 0.599. The predicted molar refractivity (Wildman–Crippen MR) is 65.4 cm³/mol. The third-order valence-corrected chi connectivity index (χ3v) is 3.36. The SMILES string of the molecule is C=CN=CN(C)COCC[Si](C)(C)C. The van der Waals surface area contributed by atoms with Gasteiger partial charge < -0.3 is 9.64 Å². The quantitative estimate of drug-likeness (QED) is 0.214. The Labute approximate surface area is 88.5 Å². The zero-order chi connectivity index (χ0) is 11.0. The second-order valence-corrected chi connectivity index (χ2v) is 10.2. The van der Waals surface area contributed by atoms with Crippen LogP contribution >= 0.6 is 0 Å². The average molecular weight is 214 g/mol. The van der Waals surface area contributed by atoms with E-state index in [0.717, 1.165) is 6.61 Å². The normalized spacial score (nSPS) is 12.0. The zero-order valence-corrected chi connectivity index (χ0v) is 10.8. The second-order valence-electron chi connectivity index (χ2n) is 4.55. The molecule has 0 aliphatic heterocycles. The van der Waals surface area contributed by atoms with Crippen molar-refractivity contribution in [2.45, 2.75) is 25.7 Å². The summed E-state index contributed by atoms with van der Waals surface area (Å²) >= 11 is 0. The van der Waals surface area contributed by atoms with Gasteiger partial charge in [-0.25, -0.2) is 4.99 Å². The van der Waals surface area contributed by atoms with Gasteiger partial charge in [-0.1, -0.05) is 26.2 Å². The summed E-state index contributed by atoms with van der Waals surface area (Å²) in [7, 11) is 0.984. The van der Waals surface area contributed by atoms with E-state index in [1.165, 1.54) is 12.2 Å². The first-order chi connectivity index (χ1) is 6.45. The fourth-order valence-corrected chi connectivity index (χ4v) is 1.54. The van der Waals surface area contributed by atoms with Crippen molar-refractivity contribution in [3.8, 4) is 0 Å². The van der Waals surface area contributed by atoms with E-state index in [1.54, 1.807) is 6.34 Å². The summed E-state index contributed by atoms with van der Waals surface area (Å²) in [6, 6.07) is 1.21. The summed E-state index contributed by atoms with van der Waals surface area (Å²) in [5.74, 6) is 0. The largest absolute Gasteiger partial charge is 0.361 e. The summed E-state index contributed by atoms with van der Waals surface area (Å²) in [6.07, 6.45) is 3.22. The van der Waals surface area contributed by atoms with Gasteiger partial charge in [0.25, 0.3) is 0 Å². The molecule has 0 aromatic rings. The lowest BCUT2D eigenvalue weighted by molar-refractivity contribution is 0.0873. The molecule has 0 rings (SSSR count). The van der Waals surface area contributed by atoms with Crippen LogP contribution in [0, 0.1) is 0 Å². The number of aliphatic imine (C=N–C) groups is 1. The highest BCUT2D eigenvalue weighted by Crippen LogP contribution is 2.07.